The Balaban J connectivity index is 2.66. The Bertz CT molecular complexity index is 378. The van der Waals surface area contributed by atoms with E-state index in [1.165, 1.54) is 11.3 Å². The third-order valence-corrected chi connectivity index (χ3v) is 4.31. The number of thiophene rings is 1. The van der Waals surface area contributed by atoms with Crippen molar-refractivity contribution in [2.24, 2.45) is 0 Å². The van der Waals surface area contributed by atoms with Gasteiger partial charge in [-0.2, -0.15) is 11.8 Å². The Kier molecular flexibility index (Phi) is 6.66. The first kappa shape index (κ1) is 15.1. The number of carbonyl (C=O) groups excluding carboxylic acids is 1. The molecule has 1 atom stereocenters. The highest BCUT2D eigenvalue weighted by atomic mass is 35.5. The highest BCUT2D eigenvalue weighted by Gasteiger charge is 2.17. The molecule has 1 rings (SSSR count). The van der Waals surface area contributed by atoms with Crippen molar-refractivity contribution in [1.29, 1.82) is 0 Å². The standard InChI is InChI=1S/C10H13Cl2NO2S2/c1-16-5-6(2-3-14)13-10(15)7-4-8(11)17-9(7)12/h4,6,14H,2-3,5H2,1H3,(H,13,15). The van der Waals surface area contributed by atoms with Crippen LogP contribution in [-0.2, 0) is 0 Å². The molecule has 0 aliphatic heterocycles. The summed E-state index contributed by atoms with van der Waals surface area (Å²) in [5, 5.41) is 11.7. The second-order valence-corrected chi connectivity index (χ2v) is 6.57. The Morgan fingerprint density at radius 2 is 2.35 bits per heavy atom. The first-order valence-electron chi connectivity index (χ1n) is 4.94. The van der Waals surface area contributed by atoms with Crippen LogP contribution in [0.1, 0.15) is 16.8 Å². The number of aliphatic hydroxyl groups excluding tert-OH is 1. The molecule has 2 N–H and O–H groups in total. The fourth-order valence-electron chi connectivity index (χ4n) is 1.31. The molecule has 1 unspecified atom stereocenters. The van der Waals surface area contributed by atoms with Gasteiger partial charge in [0.05, 0.1) is 9.90 Å². The van der Waals surface area contributed by atoms with Crippen LogP contribution in [0.15, 0.2) is 6.07 Å². The Hall–Kier alpha value is 0.0600. The number of thioether (sulfide) groups is 1. The zero-order valence-corrected chi connectivity index (χ0v) is 12.3. The van der Waals surface area contributed by atoms with Gasteiger partial charge < -0.3 is 10.4 Å². The minimum atomic E-state index is -0.245. The molecule has 96 valence electrons. The number of amides is 1. The fraction of sp³-hybridized carbons (Fsp3) is 0.500. The predicted molar refractivity (Wildman–Crippen MR) is 75.7 cm³/mol. The highest BCUT2D eigenvalue weighted by molar-refractivity contribution is 7.98. The number of carbonyl (C=O) groups is 1. The van der Waals surface area contributed by atoms with E-state index < -0.39 is 0 Å². The summed E-state index contributed by atoms with van der Waals surface area (Å²) in [5.74, 6) is 0.507. The van der Waals surface area contributed by atoms with E-state index in [0.29, 0.717) is 20.7 Å². The Labute approximate surface area is 118 Å². The summed E-state index contributed by atoms with van der Waals surface area (Å²) in [4.78, 5) is 11.9. The summed E-state index contributed by atoms with van der Waals surface area (Å²) < 4.78 is 0.878. The zero-order valence-electron chi connectivity index (χ0n) is 9.20. The van der Waals surface area contributed by atoms with Gasteiger partial charge >= 0.3 is 0 Å². The van der Waals surface area contributed by atoms with Crippen molar-refractivity contribution in [3.8, 4) is 0 Å². The molecule has 0 bridgehead atoms. The van der Waals surface area contributed by atoms with Gasteiger partial charge in [-0.1, -0.05) is 23.2 Å². The van der Waals surface area contributed by atoms with Gasteiger partial charge in [0, 0.05) is 18.4 Å². The molecule has 0 aromatic carbocycles. The number of halogens is 2. The lowest BCUT2D eigenvalue weighted by atomic mass is 10.2. The Morgan fingerprint density at radius 1 is 1.65 bits per heavy atom. The fourth-order valence-corrected chi connectivity index (χ4v) is 3.42. The van der Waals surface area contributed by atoms with Crippen LogP contribution >= 0.6 is 46.3 Å². The number of hydrogen-bond acceptors (Lipinski definition) is 4. The van der Waals surface area contributed by atoms with Gasteiger partial charge in [-0.25, -0.2) is 0 Å². The van der Waals surface area contributed by atoms with Crippen molar-refractivity contribution in [2.45, 2.75) is 12.5 Å². The molecular formula is C10H13Cl2NO2S2. The summed E-state index contributed by atoms with van der Waals surface area (Å²) in [5.41, 5.74) is 0.394. The van der Waals surface area contributed by atoms with Crippen molar-refractivity contribution in [3.63, 3.8) is 0 Å². The predicted octanol–water partition coefficient (Wildman–Crippen LogP) is 2.90. The van der Waals surface area contributed by atoms with Gasteiger partial charge in [0.15, 0.2) is 0 Å². The van der Waals surface area contributed by atoms with E-state index in [1.807, 2.05) is 6.26 Å². The van der Waals surface area contributed by atoms with Gasteiger partial charge in [-0.15, -0.1) is 11.3 Å². The molecule has 1 aromatic heterocycles. The third-order valence-electron chi connectivity index (χ3n) is 2.08. The van der Waals surface area contributed by atoms with Crippen molar-refractivity contribution in [2.75, 3.05) is 18.6 Å². The molecule has 0 spiro atoms. The minimum Gasteiger partial charge on any atom is -0.396 e. The molecule has 17 heavy (non-hydrogen) atoms. The van der Waals surface area contributed by atoms with E-state index >= 15 is 0 Å². The monoisotopic (exact) mass is 313 g/mol. The molecule has 0 aliphatic rings. The molecule has 1 heterocycles. The maximum absolute atomic E-state index is 11.9. The zero-order chi connectivity index (χ0) is 12.8. The van der Waals surface area contributed by atoms with Crippen LogP contribution in [-0.4, -0.2) is 35.7 Å². The van der Waals surface area contributed by atoms with E-state index in [4.69, 9.17) is 28.3 Å². The van der Waals surface area contributed by atoms with Crippen LogP contribution in [0, 0.1) is 0 Å². The molecule has 0 saturated carbocycles. The van der Waals surface area contributed by atoms with E-state index in [2.05, 4.69) is 5.32 Å². The molecule has 0 saturated heterocycles. The maximum Gasteiger partial charge on any atom is 0.253 e. The second kappa shape index (κ2) is 7.48. The van der Waals surface area contributed by atoms with Gasteiger partial charge in [0.1, 0.15) is 4.34 Å². The summed E-state index contributed by atoms with van der Waals surface area (Å²) in [7, 11) is 0. The van der Waals surface area contributed by atoms with Crippen LogP contribution in [0.3, 0.4) is 0 Å². The average molecular weight is 314 g/mol. The first-order valence-corrected chi connectivity index (χ1v) is 7.90. The topological polar surface area (TPSA) is 49.3 Å². The van der Waals surface area contributed by atoms with Gasteiger partial charge in [-0.05, 0) is 18.7 Å². The normalized spacial score (nSPS) is 12.5. The lowest BCUT2D eigenvalue weighted by molar-refractivity contribution is 0.0936. The maximum atomic E-state index is 11.9. The largest absolute Gasteiger partial charge is 0.396 e. The Morgan fingerprint density at radius 3 is 2.82 bits per heavy atom. The van der Waals surface area contributed by atoms with E-state index in [1.54, 1.807) is 17.8 Å². The molecular weight excluding hydrogens is 301 g/mol. The lowest BCUT2D eigenvalue weighted by Crippen LogP contribution is -2.37. The van der Waals surface area contributed by atoms with Crippen molar-refractivity contribution in [3.05, 3.63) is 20.3 Å². The van der Waals surface area contributed by atoms with Crippen molar-refractivity contribution >= 4 is 52.2 Å². The third kappa shape index (κ3) is 4.67. The van der Waals surface area contributed by atoms with Gasteiger partial charge in [0.25, 0.3) is 5.91 Å². The SMILES string of the molecule is CSCC(CCO)NC(=O)c1cc(Cl)sc1Cl. The minimum absolute atomic E-state index is 0.0453. The number of aliphatic hydroxyl groups is 1. The molecule has 3 nitrogen and oxygen atoms in total. The van der Waals surface area contributed by atoms with E-state index in [9.17, 15) is 4.79 Å². The summed E-state index contributed by atoms with van der Waals surface area (Å²) in [6.45, 7) is 0.0453. The average Bonchev–Trinajstić information content (AvgIpc) is 2.58. The van der Waals surface area contributed by atoms with Crippen LogP contribution in [0.2, 0.25) is 8.67 Å². The molecule has 0 radical (unpaired) electrons. The smallest absolute Gasteiger partial charge is 0.253 e. The quantitative estimate of drug-likeness (QED) is 0.849. The van der Waals surface area contributed by atoms with Gasteiger partial charge in [0.2, 0.25) is 0 Å². The molecule has 1 aromatic rings. The van der Waals surface area contributed by atoms with Crippen LogP contribution in [0.4, 0.5) is 0 Å². The van der Waals surface area contributed by atoms with Crippen LogP contribution in [0.5, 0.6) is 0 Å². The van der Waals surface area contributed by atoms with Crippen molar-refractivity contribution in [1.82, 2.24) is 5.32 Å². The second-order valence-electron chi connectivity index (χ2n) is 3.38. The molecule has 0 fully saturated rings. The number of hydrogen-bond donors (Lipinski definition) is 2. The van der Waals surface area contributed by atoms with E-state index in [-0.39, 0.29) is 18.6 Å². The highest BCUT2D eigenvalue weighted by Crippen LogP contribution is 2.31. The molecule has 0 aliphatic carbocycles. The summed E-state index contributed by atoms with van der Waals surface area (Å²) >= 11 is 14.5. The van der Waals surface area contributed by atoms with Crippen molar-refractivity contribution < 1.29 is 9.90 Å². The molecule has 7 heteroatoms. The summed E-state index contributed by atoms with van der Waals surface area (Å²) in [6.07, 6.45) is 2.48. The number of rotatable bonds is 6. The van der Waals surface area contributed by atoms with Crippen LogP contribution in [0.25, 0.3) is 0 Å². The van der Waals surface area contributed by atoms with Gasteiger partial charge in [-0.3, -0.25) is 4.79 Å². The molecule has 1 amide bonds. The number of nitrogens with one attached hydrogen (secondary N) is 1. The lowest BCUT2D eigenvalue weighted by Gasteiger charge is -2.16. The first-order chi connectivity index (χ1) is 8.08. The summed E-state index contributed by atoms with van der Waals surface area (Å²) in [6, 6.07) is 1.50. The van der Waals surface area contributed by atoms with E-state index in [0.717, 1.165) is 5.75 Å². The van der Waals surface area contributed by atoms with Crippen LogP contribution < -0.4 is 5.32 Å².